The minimum absolute atomic E-state index is 0.143. The Morgan fingerprint density at radius 1 is 0.900 bits per heavy atom. The first-order chi connectivity index (χ1) is 19.4. The van der Waals surface area contributed by atoms with Crippen molar-refractivity contribution in [2.24, 2.45) is 0 Å². The Kier molecular flexibility index (Phi) is 7.60. The van der Waals surface area contributed by atoms with Crippen molar-refractivity contribution in [2.45, 2.75) is 39.0 Å². The standard InChI is InChI=1S/C32H32N2O6/c1-5-38-30(35)32(18-19-32)25-16-14-23(15-17-25)22-10-12-24(13-11-22)29-28(21(3)33-40-29)34(31(36)39-6-2)26-8-7-9-27(20-26)37-4/h7-17,20H,5-6,18-19H2,1-4H3. The predicted molar refractivity (Wildman–Crippen MR) is 152 cm³/mol. The molecular formula is C32H32N2O6. The van der Waals surface area contributed by atoms with Crippen molar-refractivity contribution >= 4 is 23.4 Å². The van der Waals surface area contributed by atoms with E-state index >= 15 is 0 Å². The highest BCUT2D eigenvalue weighted by Crippen LogP contribution is 2.49. The van der Waals surface area contributed by atoms with Crippen LogP contribution < -0.4 is 9.64 Å². The Balaban J connectivity index is 1.45. The van der Waals surface area contributed by atoms with E-state index in [1.807, 2.05) is 55.5 Å². The molecule has 1 aliphatic rings. The summed E-state index contributed by atoms with van der Waals surface area (Å²) in [4.78, 5) is 27.1. The number of aromatic nitrogens is 1. The largest absolute Gasteiger partial charge is 0.497 e. The number of ether oxygens (including phenoxy) is 3. The van der Waals surface area contributed by atoms with Crippen LogP contribution in [0.15, 0.2) is 77.3 Å². The van der Waals surface area contributed by atoms with Crippen molar-refractivity contribution in [1.29, 1.82) is 0 Å². The lowest BCUT2D eigenvalue weighted by Gasteiger charge is -2.22. The second kappa shape index (κ2) is 11.3. The maximum Gasteiger partial charge on any atom is 0.419 e. The summed E-state index contributed by atoms with van der Waals surface area (Å²) in [5, 5.41) is 4.18. The van der Waals surface area contributed by atoms with Crippen LogP contribution in [-0.4, -0.2) is 37.5 Å². The topological polar surface area (TPSA) is 91.1 Å². The first-order valence-electron chi connectivity index (χ1n) is 13.4. The highest BCUT2D eigenvalue weighted by Gasteiger charge is 2.52. The molecule has 1 amide bonds. The van der Waals surface area contributed by atoms with E-state index in [1.165, 1.54) is 4.90 Å². The van der Waals surface area contributed by atoms with Crippen LogP contribution in [0.5, 0.6) is 5.75 Å². The van der Waals surface area contributed by atoms with Crippen molar-refractivity contribution in [2.75, 3.05) is 25.2 Å². The summed E-state index contributed by atoms with van der Waals surface area (Å²) in [6.45, 7) is 5.97. The Labute approximate surface area is 233 Å². The number of carbonyl (C=O) groups excluding carboxylic acids is 2. The van der Waals surface area contributed by atoms with Crippen molar-refractivity contribution in [3.63, 3.8) is 0 Å². The van der Waals surface area contributed by atoms with Crippen molar-refractivity contribution in [3.05, 3.63) is 84.1 Å². The fourth-order valence-electron chi connectivity index (χ4n) is 4.88. The molecule has 1 saturated carbocycles. The zero-order valence-corrected chi connectivity index (χ0v) is 23.1. The van der Waals surface area contributed by atoms with E-state index in [-0.39, 0.29) is 12.6 Å². The quantitative estimate of drug-likeness (QED) is 0.207. The number of amides is 1. The normalized spacial score (nSPS) is 13.4. The molecule has 1 fully saturated rings. The fraction of sp³-hybridized carbons (Fsp3) is 0.281. The second-order valence-corrected chi connectivity index (χ2v) is 9.64. The van der Waals surface area contributed by atoms with Crippen LogP contribution in [0.25, 0.3) is 22.5 Å². The average molecular weight is 541 g/mol. The average Bonchev–Trinajstić information content (AvgIpc) is 3.72. The molecule has 0 aliphatic heterocycles. The van der Waals surface area contributed by atoms with Gasteiger partial charge in [0.05, 0.1) is 31.4 Å². The minimum atomic E-state index is -0.545. The number of methoxy groups -OCH3 is 1. The molecule has 3 aromatic carbocycles. The molecule has 8 heteroatoms. The number of rotatable bonds is 9. The SMILES string of the molecule is CCOC(=O)N(c1cccc(OC)c1)c1c(C)noc1-c1ccc(-c2ccc(C3(C(=O)OCC)CC3)cc2)cc1. The van der Waals surface area contributed by atoms with Gasteiger partial charge in [-0.15, -0.1) is 0 Å². The second-order valence-electron chi connectivity index (χ2n) is 9.64. The highest BCUT2D eigenvalue weighted by molar-refractivity contribution is 6.00. The van der Waals surface area contributed by atoms with Crippen LogP contribution >= 0.6 is 0 Å². The molecule has 0 N–H and O–H groups in total. The minimum Gasteiger partial charge on any atom is -0.497 e. The zero-order chi connectivity index (χ0) is 28.3. The van der Waals surface area contributed by atoms with Crippen molar-refractivity contribution in [3.8, 4) is 28.2 Å². The summed E-state index contributed by atoms with van der Waals surface area (Å²) < 4.78 is 21.8. The van der Waals surface area contributed by atoms with Gasteiger partial charge in [0.15, 0.2) is 5.76 Å². The molecular weight excluding hydrogens is 508 g/mol. The Morgan fingerprint density at radius 3 is 2.12 bits per heavy atom. The number of carbonyl (C=O) groups is 2. The van der Waals surface area contributed by atoms with Crippen LogP contribution in [0.3, 0.4) is 0 Å². The maximum atomic E-state index is 13.2. The molecule has 1 aromatic heterocycles. The number of hydrogen-bond donors (Lipinski definition) is 0. The molecule has 0 saturated heterocycles. The lowest BCUT2D eigenvalue weighted by atomic mass is 9.93. The number of nitrogens with zero attached hydrogens (tertiary/aromatic N) is 2. The summed E-state index contributed by atoms with van der Waals surface area (Å²) in [5.41, 5.74) is 4.89. The van der Waals surface area contributed by atoms with Gasteiger partial charge in [-0.05, 0) is 62.4 Å². The summed E-state index contributed by atoms with van der Waals surface area (Å²) >= 11 is 0. The zero-order valence-electron chi connectivity index (χ0n) is 23.1. The van der Waals surface area contributed by atoms with Gasteiger partial charge in [-0.2, -0.15) is 0 Å². The summed E-state index contributed by atoms with van der Waals surface area (Å²) in [6, 6.07) is 23.1. The van der Waals surface area contributed by atoms with Crippen LogP contribution in [0, 0.1) is 6.92 Å². The predicted octanol–water partition coefficient (Wildman–Crippen LogP) is 7.21. The van der Waals surface area contributed by atoms with Gasteiger partial charge in [0.1, 0.15) is 17.1 Å². The first-order valence-corrected chi connectivity index (χ1v) is 13.4. The lowest BCUT2D eigenvalue weighted by Crippen LogP contribution is -2.27. The smallest absolute Gasteiger partial charge is 0.419 e. The van der Waals surface area contributed by atoms with Gasteiger partial charge < -0.3 is 18.7 Å². The Morgan fingerprint density at radius 2 is 1.52 bits per heavy atom. The lowest BCUT2D eigenvalue weighted by molar-refractivity contribution is -0.146. The van der Waals surface area contributed by atoms with Crippen LogP contribution in [-0.2, 0) is 19.7 Å². The van der Waals surface area contributed by atoms with E-state index in [9.17, 15) is 9.59 Å². The molecule has 0 radical (unpaired) electrons. The van der Waals surface area contributed by atoms with Crippen LogP contribution in [0.1, 0.15) is 37.9 Å². The molecule has 1 aliphatic carbocycles. The maximum absolute atomic E-state index is 13.2. The van der Waals surface area contributed by atoms with E-state index in [0.717, 1.165) is 35.1 Å². The Hall–Kier alpha value is -4.59. The van der Waals surface area contributed by atoms with E-state index in [0.29, 0.717) is 35.2 Å². The molecule has 8 nitrogen and oxygen atoms in total. The van der Waals surface area contributed by atoms with Gasteiger partial charge in [-0.3, -0.25) is 4.79 Å². The third-order valence-corrected chi connectivity index (χ3v) is 7.15. The van der Waals surface area contributed by atoms with Gasteiger partial charge in [0.2, 0.25) is 0 Å². The summed E-state index contributed by atoms with van der Waals surface area (Å²) in [5.74, 6) is 0.907. The molecule has 0 atom stereocenters. The third-order valence-electron chi connectivity index (χ3n) is 7.15. The molecule has 40 heavy (non-hydrogen) atoms. The molecule has 0 spiro atoms. The third kappa shape index (κ3) is 5.04. The molecule has 0 bridgehead atoms. The summed E-state index contributed by atoms with van der Waals surface area (Å²) in [7, 11) is 1.57. The van der Waals surface area contributed by atoms with E-state index < -0.39 is 11.5 Å². The molecule has 0 unspecified atom stereocenters. The van der Waals surface area contributed by atoms with Gasteiger partial charge in [0.25, 0.3) is 0 Å². The number of esters is 1. The van der Waals surface area contributed by atoms with Crippen molar-refractivity contribution in [1.82, 2.24) is 5.16 Å². The highest BCUT2D eigenvalue weighted by atomic mass is 16.6. The summed E-state index contributed by atoms with van der Waals surface area (Å²) in [6.07, 6.45) is 1.09. The first kappa shape index (κ1) is 27.0. The molecule has 1 heterocycles. The number of aryl methyl sites for hydroxylation is 1. The number of hydrogen-bond acceptors (Lipinski definition) is 7. The number of benzene rings is 3. The van der Waals surface area contributed by atoms with E-state index in [4.69, 9.17) is 18.7 Å². The van der Waals surface area contributed by atoms with Gasteiger partial charge in [-0.25, -0.2) is 9.69 Å². The van der Waals surface area contributed by atoms with Crippen LogP contribution in [0.2, 0.25) is 0 Å². The fourth-order valence-corrected chi connectivity index (χ4v) is 4.88. The van der Waals surface area contributed by atoms with E-state index in [1.54, 1.807) is 45.2 Å². The number of anilines is 2. The molecule has 5 rings (SSSR count). The molecule has 4 aromatic rings. The van der Waals surface area contributed by atoms with Crippen LogP contribution in [0.4, 0.5) is 16.2 Å². The Bertz CT molecular complexity index is 1500. The van der Waals surface area contributed by atoms with Gasteiger partial charge in [0, 0.05) is 11.6 Å². The van der Waals surface area contributed by atoms with Gasteiger partial charge in [-0.1, -0.05) is 59.8 Å². The monoisotopic (exact) mass is 540 g/mol. The van der Waals surface area contributed by atoms with E-state index in [2.05, 4.69) is 5.16 Å². The molecule has 206 valence electrons. The van der Waals surface area contributed by atoms with Gasteiger partial charge >= 0.3 is 12.1 Å². The van der Waals surface area contributed by atoms with Crippen molar-refractivity contribution < 1.29 is 28.3 Å².